The van der Waals surface area contributed by atoms with Crippen molar-refractivity contribution in [2.45, 2.75) is 0 Å². The second-order valence-electron chi connectivity index (χ2n) is 4.36. The Morgan fingerprint density at radius 1 is 1.10 bits per heavy atom. The molecule has 1 heterocycles. The first kappa shape index (κ1) is 13.4. The Morgan fingerprint density at radius 2 is 1.90 bits per heavy atom. The standard InChI is InChI=1S/C16H11ClN2O2/c17-11-1-6-14-15(9-11)18-8-7-16(14)21-13-4-2-12(3-5-13)19-10-20/h1-10H,(H,19,20). The fraction of sp³-hybridized carbons (Fsp3) is 0. The smallest absolute Gasteiger partial charge is 0.211 e. The number of rotatable bonds is 4. The first-order chi connectivity index (χ1) is 10.3. The van der Waals surface area contributed by atoms with Crippen LogP contribution in [0.15, 0.2) is 54.7 Å². The van der Waals surface area contributed by atoms with Crippen molar-refractivity contribution in [2.75, 3.05) is 5.32 Å². The lowest BCUT2D eigenvalue weighted by molar-refractivity contribution is -0.105. The summed E-state index contributed by atoms with van der Waals surface area (Å²) in [4.78, 5) is 14.6. The predicted molar refractivity (Wildman–Crippen MR) is 83.0 cm³/mol. The fourth-order valence-electron chi connectivity index (χ4n) is 2.00. The molecule has 0 spiro atoms. The van der Waals surface area contributed by atoms with Crippen LogP contribution in [0.1, 0.15) is 0 Å². The highest BCUT2D eigenvalue weighted by atomic mass is 35.5. The normalized spacial score (nSPS) is 10.3. The van der Waals surface area contributed by atoms with E-state index in [1.807, 2.05) is 6.07 Å². The van der Waals surface area contributed by atoms with Crippen molar-refractivity contribution in [3.05, 3.63) is 59.8 Å². The van der Waals surface area contributed by atoms with E-state index in [0.29, 0.717) is 28.6 Å². The molecule has 0 saturated heterocycles. The summed E-state index contributed by atoms with van der Waals surface area (Å²) in [7, 11) is 0. The molecule has 5 heteroatoms. The van der Waals surface area contributed by atoms with Gasteiger partial charge >= 0.3 is 0 Å². The number of ether oxygens (including phenoxy) is 1. The molecule has 3 rings (SSSR count). The highest BCUT2D eigenvalue weighted by Crippen LogP contribution is 2.30. The lowest BCUT2D eigenvalue weighted by Gasteiger charge is -2.09. The van der Waals surface area contributed by atoms with E-state index in [1.54, 1.807) is 48.7 Å². The molecule has 0 aliphatic carbocycles. The van der Waals surface area contributed by atoms with Crippen LogP contribution in [0.5, 0.6) is 11.5 Å². The number of aromatic nitrogens is 1. The van der Waals surface area contributed by atoms with Gasteiger partial charge in [-0.3, -0.25) is 9.78 Å². The van der Waals surface area contributed by atoms with Crippen LogP contribution in [0.25, 0.3) is 10.9 Å². The van der Waals surface area contributed by atoms with Crippen LogP contribution in [-0.2, 0) is 4.79 Å². The number of halogens is 1. The van der Waals surface area contributed by atoms with Gasteiger partial charge in [0.15, 0.2) is 0 Å². The fourth-order valence-corrected chi connectivity index (χ4v) is 2.16. The molecule has 0 saturated carbocycles. The molecular weight excluding hydrogens is 288 g/mol. The highest BCUT2D eigenvalue weighted by molar-refractivity contribution is 6.31. The van der Waals surface area contributed by atoms with Crippen LogP contribution in [0.2, 0.25) is 5.02 Å². The summed E-state index contributed by atoms with van der Waals surface area (Å²) in [5, 5.41) is 4.10. The van der Waals surface area contributed by atoms with Crippen molar-refractivity contribution in [2.24, 2.45) is 0 Å². The van der Waals surface area contributed by atoms with E-state index >= 15 is 0 Å². The first-order valence-electron chi connectivity index (χ1n) is 6.28. The van der Waals surface area contributed by atoms with E-state index in [9.17, 15) is 4.79 Å². The molecule has 0 aliphatic rings. The van der Waals surface area contributed by atoms with Gasteiger partial charge in [-0.05, 0) is 48.5 Å². The molecule has 21 heavy (non-hydrogen) atoms. The number of anilines is 1. The molecule has 0 radical (unpaired) electrons. The first-order valence-corrected chi connectivity index (χ1v) is 6.66. The Hall–Kier alpha value is -2.59. The van der Waals surface area contributed by atoms with Crippen LogP contribution in [-0.4, -0.2) is 11.4 Å². The Labute approximate surface area is 126 Å². The summed E-state index contributed by atoms with van der Waals surface area (Å²) in [5.74, 6) is 1.38. The maximum Gasteiger partial charge on any atom is 0.211 e. The van der Waals surface area contributed by atoms with Gasteiger partial charge in [0.25, 0.3) is 0 Å². The van der Waals surface area contributed by atoms with Crippen molar-refractivity contribution < 1.29 is 9.53 Å². The summed E-state index contributed by atoms with van der Waals surface area (Å²) >= 11 is 5.96. The molecule has 2 aromatic carbocycles. The SMILES string of the molecule is O=CNc1ccc(Oc2ccnc3cc(Cl)ccc23)cc1. The van der Waals surface area contributed by atoms with E-state index in [4.69, 9.17) is 16.3 Å². The molecule has 1 N–H and O–H groups in total. The van der Waals surface area contributed by atoms with Gasteiger partial charge in [-0.1, -0.05) is 11.6 Å². The van der Waals surface area contributed by atoms with E-state index < -0.39 is 0 Å². The van der Waals surface area contributed by atoms with E-state index in [0.717, 1.165) is 10.9 Å². The lowest BCUT2D eigenvalue weighted by Crippen LogP contribution is -1.93. The Balaban J connectivity index is 1.92. The van der Waals surface area contributed by atoms with Gasteiger partial charge in [0.05, 0.1) is 5.52 Å². The number of fused-ring (bicyclic) bond motifs is 1. The number of pyridine rings is 1. The third-order valence-electron chi connectivity index (χ3n) is 2.97. The number of benzene rings is 2. The molecule has 0 bridgehead atoms. The molecule has 1 amide bonds. The van der Waals surface area contributed by atoms with Crippen molar-refractivity contribution in [3.63, 3.8) is 0 Å². The molecule has 104 valence electrons. The van der Waals surface area contributed by atoms with Crippen LogP contribution in [0, 0.1) is 0 Å². The third kappa shape index (κ3) is 2.95. The lowest BCUT2D eigenvalue weighted by atomic mass is 10.2. The predicted octanol–water partition coefficient (Wildman–Crippen LogP) is 4.25. The molecule has 1 aromatic heterocycles. The minimum atomic E-state index is 0.635. The number of nitrogens with one attached hydrogen (secondary N) is 1. The molecule has 4 nitrogen and oxygen atoms in total. The van der Waals surface area contributed by atoms with Gasteiger partial charge < -0.3 is 10.1 Å². The maximum absolute atomic E-state index is 10.4. The summed E-state index contributed by atoms with van der Waals surface area (Å²) in [6.07, 6.45) is 2.31. The molecule has 0 atom stereocenters. The summed E-state index contributed by atoms with van der Waals surface area (Å²) in [6.45, 7) is 0. The van der Waals surface area contributed by atoms with Gasteiger partial charge in [-0.15, -0.1) is 0 Å². The number of amides is 1. The highest BCUT2D eigenvalue weighted by Gasteiger charge is 2.05. The number of carbonyl (C=O) groups excluding carboxylic acids is 1. The van der Waals surface area contributed by atoms with E-state index in [1.165, 1.54) is 0 Å². The Kier molecular flexibility index (Phi) is 3.71. The number of nitrogens with zero attached hydrogens (tertiary/aromatic N) is 1. The van der Waals surface area contributed by atoms with E-state index in [2.05, 4.69) is 10.3 Å². The van der Waals surface area contributed by atoms with Crippen molar-refractivity contribution in [3.8, 4) is 11.5 Å². The van der Waals surface area contributed by atoms with Crippen LogP contribution >= 0.6 is 11.6 Å². The van der Waals surface area contributed by atoms with E-state index in [-0.39, 0.29) is 0 Å². The van der Waals surface area contributed by atoms with Crippen LogP contribution in [0.4, 0.5) is 5.69 Å². The Bertz CT molecular complexity index is 788. The molecule has 3 aromatic rings. The zero-order valence-electron chi connectivity index (χ0n) is 10.9. The molecular formula is C16H11ClN2O2. The van der Waals surface area contributed by atoms with Gasteiger partial charge in [0.2, 0.25) is 6.41 Å². The van der Waals surface area contributed by atoms with Crippen molar-refractivity contribution in [1.82, 2.24) is 4.98 Å². The topological polar surface area (TPSA) is 51.2 Å². The van der Waals surface area contributed by atoms with Crippen molar-refractivity contribution in [1.29, 1.82) is 0 Å². The third-order valence-corrected chi connectivity index (χ3v) is 3.21. The largest absolute Gasteiger partial charge is 0.457 e. The maximum atomic E-state index is 10.4. The summed E-state index contributed by atoms with van der Waals surface area (Å²) < 4.78 is 5.87. The van der Waals surface area contributed by atoms with Gasteiger partial charge in [0.1, 0.15) is 11.5 Å². The zero-order valence-corrected chi connectivity index (χ0v) is 11.7. The molecule has 0 fully saturated rings. The van der Waals surface area contributed by atoms with Crippen LogP contribution in [0.3, 0.4) is 0 Å². The average molecular weight is 299 g/mol. The number of hydrogen-bond donors (Lipinski definition) is 1. The minimum Gasteiger partial charge on any atom is -0.457 e. The summed E-state index contributed by atoms with van der Waals surface area (Å²) in [5.41, 5.74) is 1.49. The van der Waals surface area contributed by atoms with Gasteiger partial charge in [-0.2, -0.15) is 0 Å². The minimum absolute atomic E-state index is 0.635. The summed E-state index contributed by atoms with van der Waals surface area (Å²) in [6, 6.07) is 14.4. The number of hydrogen-bond acceptors (Lipinski definition) is 3. The quantitative estimate of drug-likeness (QED) is 0.733. The average Bonchev–Trinajstić information content (AvgIpc) is 2.49. The second-order valence-corrected chi connectivity index (χ2v) is 4.80. The van der Waals surface area contributed by atoms with Crippen molar-refractivity contribution >= 4 is 34.6 Å². The van der Waals surface area contributed by atoms with Crippen LogP contribution < -0.4 is 10.1 Å². The molecule has 0 unspecified atom stereocenters. The second kappa shape index (κ2) is 5.81. The Morgan fingerprint density at radius 3 is 2.67 bits per heavy atom. The molecule has 0 aliphatic heterocycles. The van der Waals surface area contributed by atoms with Gasteiger partial charge in [0, 0.05) is 22.3 Å². The zero-order chi connectivity index (χ0) is 14.7. The number of carbonyl (C=O) groups is 1. The monoisotopic (exact) mass is 298 g/mol. The van der Waals surface area contributed by atoms with Gasteiger partial charge in [-0.25, -0.2) is 0 Å².